The van der Waals surface area contributed by atoms with Crippen LogP contribution in [-0.2, 0) is 0 Å². The minimum atomic E-state index is -0.339. The zero-order chi connectivity index (χ0) is 15.7. The van der Waals surface area contributed by atoms with Gasteiger partial charge < -0.3 is 0 Å². The maximum atomic E-state index is 14.4. The zero-order valence-electron chi connectivity index (χ0n) is 12.6. The highest BCUT2D eigenvalue weighted by Gasteiger charge is 2.07. The molecule has 0 bridgehead atoms. The Morgan fingerprint density at radius 3 is 2.29 bits per heavy atom. The maximum absolute atomic E-state index is 14.4. The monoisotopic (exact) mass is 280 g/mol. The van der Waals surface area contributed by atoms with Gasteiger partial charge in [0.2, 0.25) is 0 Å². The minimum Gasteiger partial charge on any atom is -0.206 e. The van der Waals surface area contributed by atoms with E-state index < -0.39 is 0 Å². The lowest BCUT2D eigenvalue weighted by Crippen LogP contribution is -1.88. The summed E-state index contributed by atoms with van der Waals surface area (Å²) in [6, 6.07) is 9.72. The Labute approximate surface area is 127 Å². The van der Waals surface area contributed by atoms with Crippen molar-refractivity contribution in [2.24, 2.45) is 0 Å². The van der Waals surface area contributed by atoms with Crippen molar-refractivity contribution in [1.82, 2.24) is 0 Å². The summed E-state index contributed by atoms with van der Waals surface area (Å²) in [4.78, 5) is 0. The molecule has 0 saturated heterocycles. The molecule has 0 aliphatic heterocycles. The van der Waals surface area contributed by atoms with Crippen LogP contribution in [0, 0.1) is 0 Å². The largest absolute Gasteiger partial charge is 0.206 e. The number of halogens is 1. The molecule has 0 aromatic heterocycles. The lowest BCUT2D eigenvalue weighted by atomic mass is 10.0. The van der Waals surface area contributed by atoms with E-state index in [1.54, 1.807) is 18.2 Å². The molecule has 1 aromatic rings. The van der Waals surface area contributed by atoms with Crippen molar-refractivity contribution in [2.75, 3.05) is 0 Å². The molecule has 0 spiro atoms. The Balaban J connectivity index is 3.05. The molecular weight excluding hydrogens is 259 g/mol. The van der Waals surface area contributed by atoms with E-state index in [0.29, 0.717) is 5.57 Å². The summed E-state index contributed by atoms with van der Waals surface area (Å²) in [6.45, 7) is 11.2. The van der Waals surface area contributed by atoms with Crippen LogP contribution in [0.1, 0.15) is 19.4 Å². The predicted octanol–water partition coefficient (Wildman–Crippen LogP) is 6.19. The molecule has 0 unspecified atom stereocenters. The molecule has 0 fully saturated rings. The van der Waals surface area contributed by atoms with Crippen molar-refractivity contribution in [3.8, 4) is 0 Å². The molecule has 0 aliphatic rings. The van der Waals surface area contributed by atoms with Gasteiger partial charge in [0.05, 0.1) is 0 Å². The fourth-order valence-corrected chi connectivity index (χ4v) is 1.87. The van der Waals surface area contributed by atoms with Crippen LogP contribution in [0.2, 0.25) is 0 Å². The van der Waals surface area contributed by atoms with Crippen molar-refractivity contribution in [3.63, 3.8) is 0 Å². The highest BCUT2D eigenvalue weighted by Crippen LogP contribution is 2.25. The maximum Gasteiger partial charge on any atom is 0.131 e. The highest BCUT2D eigenvalue weighted by atomic mass is 19.1. The highest BCUT2D eigenvalue weighted by molar-refractivity contribution is 5.75. The molecule has 0 nitrogen and oxygen atoms in total. The van der Waals surface area contributed by atoms with Crippen molar-refractivity contribution in [1.29, 1.82) is 0 Å². The van der Waals surface area contributed by atoms with Gasteiger partial charge in [0, 0.05) is 5.57 Å². The summed E-state index contributed by atoms with van der Waals surface area (Å²) in [7, 11) is 0. The molecule has 0 saturated carbocycles. The number of allylic oxidation sites excluding steroid dienone is 10. The molecule has 1 heteroatoms. The third kappa shape index (κ3) is 4.88. The van der Waals surface area contributed by atoms with Crippen LogP contribution in [0.4, 0.5) is 4.39 Å². The fraction of sp³-hybridized carbons (Fsp3) is 0.100. The molecule has 1 aromatic carbocycles. The number of hydrogen-bond donors (Lipinski definition) is 0. The third-order valence-corrected chi connectivity index (χ3v) is 3.06. The van der Waals surface area contributed by atoms with E-state index >= 15 is 0 Å². The normalized spacial score (nSPS) is 13.6. The van der Waals surface area contributed by atoms with Crippen molar-refractivity contribution >= 4 is 5.57 Å². The van der Waals surface area contributed by atoms with E-state index in [-0.39, 0.29) is 5.83 Å². The Hall–Kier alpha value is -2.41. The van der Waals surface area contributed by atoms with Gasteiger partial charge >= 0.3 is 0 Å². The number of hydrogen-bond acceptors (Lipinski definition) is 0. The lowest BCUT2D eigenvalue weighted by Gasteiger charge is -2.06. The molecule has 0 heterocycles. The standard InChI is InChI=1S/C20H21F/c1-5-8-12-17(6-2)16(4)20(21)15-18(7-3)19-13-10-9-11-14-19/h5-15H,1,4H2,2-3H3/b12-8-,17-6+,18-7+,20-15+. The summed E-state index contributed by atoms with van der Waals surface area (Å²) >= 11 is 0. The third-order valence-electron chi connectivity index (χ3n) is 3.06. The van der Waals surface area contributed by atoms with Crippen molar-refractivity contribution in [3.05, 3.63) is 102 Å². The summed E-state index contributed by atoms with van der Waals surface area (Å²) in [5.41, 5.74) is 2.92. The molecule has 0 atom stereocenters. The van der Waals surface area contributed by atoms with Crippen LogP contribution >= 0.6 is 0 Å². The van der Waals surface area contributed by atoms with Crippen LogP contribution < -0.4 is 0 Å². The minimum absolute atomic E-state index is 0.339. The molecule has 0 radical (unpaired) electrons. The number of rotatable bonds is 6. The lowest BCUT2D eigenvalue weighted by molar-refractivity contribution is 0.656. The van der Waals surface area contributed by atoms with Crippen molar-refractivity contribution < 1.29 is 4.39 Å². The second kappa shape index (κ2) is 8.70. The van der Waals surface area contributed by atoms with Crippen LogP contribution in [0.3, 0.4) is 0 Å². The van der Waals surface area contributed by atoms with Gasteiger partial charge in [-0.05, 0) is 36.6 Å². The SMILES string of the molecule is C=C/C=C\C(=C/C)C(=C)/C(F)=C\C(=C/C)c1ccccc1. The Morgan fingerprint density at radius 2 is 1.76 bits per heavy atom. The smallest absolute Gasteiger partial charge is 0.131 e. The van der Waals surface area contributed by atoms with Crippen LogP contribution in [0.5, 0.6) is 0 Å². The predicted molar refractivity (Wildman–Crippen MR) is 91.5 cm³/mol. The van der Waals surface area contributed by atoms with E-state index in [1.165, 1.54) is 6.08 Å². The van der Waals surface area contributed by atoms with Gasteiger partial charge in [0.25, 0.3) is 0 Å². The van der Waals surface area contributed by atoms with E-state index in [1.807, 2.05) is 56.3 Å². The second-order valence-corrected chi connectivity index (χ2v) is 4.42. The van der Waals surface area contributed by atoms with Gasteiger partial charge in [-0.3, -0.25) is 0 Å². The first kappa shape index (κ1) is 16.6. The second-order valence-electron chi connectivity index (χ2n) is 4.42. The van der Waals surface area contributed by atoms with E-state index in [4.69, 9.17) is 0 Å². The summed E-state index contributed by atoms with van der Waals surface area (Å²) in [5, 5.41) is 0. The zero-order valence-corrected chi connectivity index (χ0v) is 12.6. The van der Waals surface area contributed by atoms with Crippen molar-refractivity contribution in [2.45, 2.75) is 13.8 Å². The molecule has 1 rings (SSSR count). The molecule has 0 aliphatic carbocycles. The average Bonchev–Trinajstić information content (AvgIpc) is 2.53. The van der Waals surface area contributed by atoms with Gasteiger partial charge in [0.1, 0.15) is 5.83 Å². The first-order valence-electron chi connectivity index (χ1n) is 6.88. The van der Waals surface area contributed by atoms with E-state index in [9.17, 15) is 4.39 Å². The molecular formula is C20H21F. The molecule has 108 valence electrons. The quantitative estimate of drug-likeness (QED) is 0.545. The van der Waals surface area contributed by atoms with Crippen LogP contribution in [0.15, 0.2) is 96.9 Å². The van der Waals surface area contributed by atoms with Gasteiger partial charge in [-0.1, -0.05) is 73.9 Å². The summed E-state index contributed by atoms with van der Waals surface area (Å²) in [5.74, 6) is -0.339. The topological polar surface area (TPSA) is 0 Å². The number of benzene rings is 1. The average molecular weight is 280 g/mol. The van der Waals surface area contributed by atoms with Gasteiger partial charge in [-0.25, -0.2) is 4.39 Å². The first-order valence-corrected chi connectivity index (χ1v) is 6.88. The van der Waals surface area contributed by atoms with Gasteiger partial charge in [0.15, 0.2) is 0 Å². The van der Waals surface area contributed by atoms with Crippen LogP contribution in [-0.4, -0.2) is 0 Å². The Kier molecular flexibility index (Phi) is 6.90. The molecule has 21 heavy (non-hydrogen) atoms. The fourth-order valence-electron chi connectivity index (χ4n) is 1.87. The summed E-state index contributed by atoms with van der Waals surface area (Å²) < 4.78 is 14.4. The first-order chi connectivity index (χ1) is 10.1. The molecule has 0 N–H and O–H groups in total. The van der Waals surface area contributed by atoms with Crippen LogP contribution in [0.25, 0.3) is 5.57 Å². The van der Waals surface area contributed by atoms with E-state index in [2.05, 4.69) is 13.2 Å². The summed E-state index contributed by atoms with van der Waals surface area (Å²) in [6.07, 6.45) is 10.4. The molecule has 0 amide bonds. The Bertz CT molecular complexity index is 610. The van der Waals surface area contributed by atoms with Gasteiger partial charge in [-0.15, -0.1) is 0 Å². The van der Waals surface area contributed by atoms with Gasteiger partial charge in [-0.2, -0.15) is 0 Å². The Morgan fingerprint density at radius 1 is 1.10 bits per heavy atom. The van der Waals surface area contributed by atoms with E-state index in [0.717, 1.165) is 16.7 Å².